The summed E-state index contributed by atoms with van der Waals surface area (Å²) in [6.45, 7) is 16.0. The van der Waals surface area contributed by atoms with Crippen LogP contribution in [0.25, 0.3) is 0 Å². The van der Waals surface area contributed by atoms with Crippen molar-refractivity contribution in [1.82, 2.24) is 0 Å². The normalized spacial score (nSPS) is 38.2. The molecule has 0 radical (unpaired) electrons. The van der Waals surface area contributed by atoms with Crippen LogP contribution in [0.4, 0.5) is 0 Å². The van der Waals surface area contributed by atoms with Crippen molar-refractivity contribution in [3.63, 3.8) is 0 Å². The van der Waals surface area contributed by atoms with E-state index in [9.17, 15) is 19.8 Å². The second-order valence-electron chi connectivity index (χ2n) is 12.9. The standard InChI is InChI=1S/C32H48O5/c1-20(2)12-13-25(37-23(5)34)21(3)10-9-11-22(4)29-24(35)18-27-30(6)17-15-28(36)32(8,19-33)26(30)14-16-31(27,29)7/h9-12,25-28,33,36H,13-19H2,1-8H3/b11-9+,21-10+,29-22+/t25-,26+,27-,28-,30-,31-,32?/m0/s1. The van der Waals surface area contributed by atoms with Crippen molar-refractivity contribution in [2.75, 3.05) is 6.61 Å². The molecule has 2 N–H and O–H groups in total. The van der Waals surface area contributed by atoms with E-state index in [0.717, 1.165) is 36.0 Å². The molecule has 1 unspecified atom stereocenters. The Balaban J connectivity index is 1.89. The van der Waals surface area contributed by atoms with E-state index in [4.69, 9.17) is 4.74 Å². The number of carbonyl (C=O) groups is 2. The average molecular weight is 513 g/mol. The average Bonchev–Trinajstić information content (AvgIpc) is 3.10. The summed E-state index contributed by atoms with van der Waals surface area (Å²) in [5.74, 6) is 0.335. The van der Waals surface area contributed by atoms with Gasteiger partial charge in [0, 0.05) is 36.2 Å². The number of fused-ring (bicyclic) bond motifs is 3. The maximum Gasteiger partial charge on any atom is 0.303 e. The van der Waals surface area contributed by atoms with Gasteiger partial charge < -0.3 is 14.9 Å². The first-order chi connectivity index (χ1) is 17.2. The number of rotatable bonds is 7. The predicted octanol–water partition coefficient (Wildman–Crippen LogP) is 6.26. The summed E-state index contributed by atoms with van der Waals surface area (Å²) in [6, 6.07) is 0. The van der Waals surface area contributed by atoms with Crippen LogP contribution in [-0.4, -0.2) is 40.8 Å². The van der Waals surface area contributed by atoms with Gasteiger partial charge in [0.05, 0.1) is 12.7 Å². The van der Waals surface area contributed by atoms with E-state index in [0.29, 0.717) is 19.3 Å². The third kappa shape index (κ3) is 5.45. The molecule has 5 heteroatoms. The van der Waals surface area contributed by atoms with E-state index in [1.807, 2.05) is 52.8 Å². The Labute approximate surface area is 223 Å². The van der Waals surface area contributed by atoms with Crippen LogP contribution in [0, 0.1) is 28.1 Å². The summed E-state index contributed by atoms with van der Waals surface area (Å²) in [4.78, 5) is 25.1. The molecule has 5 nitrogen and oxygen atoms in total. The number of ether oxygens (including phenoxy) is 1. The molecule has 0 saturated heterocycles. The molecular weight excluding hydrogens is 464 g/mol. The number of ketones is 1. The first-order valence-electron chi connectivity index (χ1n) is 13.9. The fraction of sp³-hybridized carbons (Fsp3) is 0.688. The number of esters is 1. The second kappa shape index (κ2) is 11.0. The fourth-order valence-electron chi connectivity index (χ4n) is 8.01. The SMILES string of the molecule is CC(=O)O[C@@H](CC=C(C)C)/C(C)=C/C=C/C(C)=C1\C(=O)C[C@H]2[C@@]3(C)CC[C@H](O)C(C)(CO)[C@@H]3CC[C@]12C. The van der Waals surface area contributed by atoms with Crippen molar-refractivity contribution >= 4 is 11.8 Å². The van der Waals surface area contributed by atoms with E-state index in [2.05, 4.69) is 19.9 Å². The second-order valence-corrected chi connectivity index (χ2v) is 12.9. The van der Waals surface area contributed by atoms with E-state index in [1.54, 1.807) is 0 Å². The minimum absolute atomic E-state index is 0.0239. The zero-order chi connectivity index (χ0) is 27.8. The predicted molar refractivity (Wildman–Crippen MR) is 148 cm³/mol. The minimum Gasteiger partial charge on any atom is -0.458 e. The van der Waals surface area contributed by atoms with Crippen molar-refractivity contribution in [3.05, 3.63) is 46.6 Å². The Morgan fingerprint density at radius 2 is 1.76 bits per heavy atom. The van der Waals surface area contributed by atoms with Gasteiger partial charge in [0.2, 0.25) is 0 Å². The number of carbonyl (C=O) groups excluding carboxylic acids is 2. The molecule has 3 fully saturated rings. The lowest BCUT2D eigenvalue weighted by molar-refractivity contribution is -0.178. The van der Waals surface area contributed by atoms with E-state index in [1.165, 1.54) is 12.5 Å². The number of allylic oxidation sites excluding steroid dienone is 6. The van der Waals surface area contributed by atoms with Crippen LogP contribution < -0.4 is 0 Å². The maximum absolute atomic E-state index is 13.5. The summed E-state index contributed by atoms with van der Waals surface area (Å²) in [5.41, 5.74) is 3.25. The molecule has 3 rings (SSSR count). The number of aliphatic hydroxyl groups is 2. The molecule has 0 heterocycles. The highest BCUT2D eigenvalue weighted by atomic mass is 16.5. The zero-order valence-electron chi connectivity index (χ0n) is 24.2. The van der Waals surface area contributed by atoms with Gasteiger partial charge in [0.25, 0.3) is 0 Å². The van der Waals surface area contributed by atoms with Crippen LogP contribution in [0.15, 0.2) is 46.6 Å². The van der Waals surface area contributed by atoms with Crippen LogP contribution in [0.1, 0.15) is 93.9 Å². The van der Waals surface area contributed by atoms with Gasteiger partial charge in [-0.25, -0.2) is 0 Å². The molecule has 206 valence electrons. The van der Waals surface area contributed by atoms with Gasteiger partial charge in [-0.1, -0.05) is 50.6 Å². The minimum atomic E-state index is -0.523. The Hall–Kier alpha value is -1.98. The lowest BCUT2D eigenvalue weighted by Gasteiger charge is -2.62. The van der Waals surface area contributed by atoms with Gasteiger partial charge in [-0.15, -0.1) is 0 Å². The van der Waals surface area contributed by atoms with Gasteiger partial charge in [-0.2, -0.15) is 0 Å². The highest BCUT2D eigenvalue weighted by Gasteiger charge is 2.65. The molecule has 37 heavy (non-hydrogen) atoms. The molecule has 3 aliphatic carbocycles. The molecule has 0 bridgehead atoms. The third-order valence-electron chi connectivity index (χ3n) is 10.1. The van der Waals surface area contributed by atoms with Crippen LogP contribution in [0.3, 0.4) is 0 Å². The summed E-state index contributed by atoms with van der Waals surface area (Å²) in [7, 11) is 0. The van der Waals surface area contributed by atoms with Crippen molar-refractivity contribution < 1.29 is 24.5 Å². The fourth-order valence-corrected chi connectivity index (χ4v) is 8.01. The molecule has 0 amide bonds. The highest BCUT2D eigenvalue weighted by Crippen LogP contribution is 2.69. The Bertz CT molecular complexity index is 1030. The molecule has 0 spiro atoms. The highest BCUT2D eigenvalue weighted by molar-refractivity contribution is 6.00. The molecule has 0 aromatic rings. The summed E-state index contributed by atoms with van der Waals surface area (Å²) < 4.78 is 5.53. The van der Waals surface area contributed by atoms with E-state index < -0.39 is 11.5 Å². The van der Waals surface area contributed by atoms with Crippen LogP contribution in [0.2, 0.25) is 0 Å². The lowest BCUT2D eigenvalue weighted by atomic mass is 9.43. The zero-order valence-corrected chi connectivity index (χ0v) is 24.2. The van der Waals surface area contributed by atoms with Gasteiger partial charge in [0.1, 0.15) is 6.10 Å². The van der Waals surface area contributed by atoms with Gasteiger partial charge in [-0.3, -0.25) is 9.59 Å². The lowest BCUT2D eigenvalue weighted by Crippen LogP contribution is -2.59. The summed E-state index contributed by atoms with van der Waals surface area (Å²) in [5, 5.41) is 21.1. The first-order valence-corrected chi connectivity index (χ1v) is 13.9. The monoisotopic (exact) mass is 512 g/mol. The van der Waals surface area contributed by atoms with Crippen molar-refractivity contribution in [2.45, 2.75) is 106 Å². The summed E-state index contributed by atoms with van der Waals surface area (Å²) in [6.07, 6.45) is 11.7. The Kier molecular flexibility index (Phi) is 8.81. The number of hydrogen-bond acceptors (Lipinski definition) is 5. The van der Waals surface area contributed by atoms with Crippen LogP contribution in [0.5, 0.6) is 0 Å². The van der Waals surface area contributed by atoms with Crippen molar-refractivity contribution in [1.29, 1.82) is 0 Å². The van der Waals surface area contributed by atoms with E-state index in [-0.39, 0.29) is 47.1 Å². The van der Waals surface area contributed by atoms with Crippen LogP contribution >= 0.6 is 0 Å². The number of Topliss-reactive ketones (excluding diaryl/α,β-unsaturated/α-hetero) is 1. The first kappa shape index (κ1) is 29.6. The topological polar surface area (TPSA) is 83.8 Å². The Morgan fingerprint density at radius 3 is 2.35 bits per heavy atom. The molecule has 0 aliphatic heterocycles. The molecule has 0 aromatic heterocycles. The quantitative estimate of drug-likeness (QED) is 0.182. The van der Waals surface area contributed by atoms with Gasteiger partial charge in [-0.05, 0) is 81.8 Å². The molecular formula is C32H48O5. The van der Waals surface area contributed by atoms with Crippen LogP contribution in [-0.2, 0) is 14.3 Å². The van der Waals surface area contributed by atoms with Gasteiger partial charge in [0.15, 0.2) is 5.78 Å². The smallest absolute Gasteiger partial charge is 0.303 e. The number of hydrogen-bond donors (Lipinski definition) is 2. The number of aliphatic hydroxyl groups excluding tert-OH is 2. The van der Waals surface area contributed by atoms with Crippen molar-refractivity contribution in [2.24, 2.45) is 28.1 Å². The van der Waals surface area contributed by atoms with E-state index >= 15 is 0 Å². The summed E-state index contributed by atoms with van der Waals surface area (Å²) >= 11 is 0. The molecule has 3 aliphatic rings. The third-order valence-corrected chi connectivity index (χ3v) is 10.1. The molecule has 7 atom stereocenters. The maximum atomic E-state index is 13.5. The van der Waals surface area contributed by atoms with Gasteiger partial charge >= 0.3 is 5.97 Å². The molecule has 0 aromatic carbocycles. The van der Waals surface area contributed by atoms with Crippen molar-refractivity contribution in [3.8, 4) is 0 Å². The Morgan fingerprint density at radius 1 is 1.08 bits per heavy atom. The largest absolute Gasteiger partial charge is 0.458 e. The molecule has 3 saturated carbocycles.